The van der Waals surface area contributed by atoms with Gasteiger partial charge >= 0.3 is 6.01 Å². The first kappa shape index (κ1) is 16.5. The average Bonchev–Trinajstić information content (AvgIpc) is 3.02. The lowest BCUT2D eigenvalue weighted by atomic mass is 10.1. The van der Waals surface area contributed by atoms with Gasteiger partial charge in [-0.15, -0.1) is 11.3 Å². The van der Waals surface area contributed by atoms with Crippen LogP contribution in [0.2, 0.25) is 0 Å². The molecule has 0 bridgehead atoms. The van der Waals surface area contributed by atoms with Crippen LogP contribution < -0.4 is 4.74 Å². The minimum absolute atomic E-state index is 0.0465. The molecule has 118 valence electrons. The SMILES string of the molecule is CCCCCC(C)=Nc1nc(OCc2cccs2)ncc1F. The Morgan fingerprint density at radius 1 is 1.41 bits per heavy atom. The third-order valence-corrected chi connectivity index (χ3v) is 3.92. The molecule has 0 aliphatic rings. The Morgan fingerprint density at radius 3 is 3.00 bits per heavy atom. The minimum Gasteiger partial charge on any atom is -0.458 e. The Balaban J connectivity index is 2.01. The Morgan fingerprint density at radius 2 is 2.27 bits per heavy atom. The van der Waals surface area contributed by atoms with Gasteiger partial charge in [0, 0.05) is 10.6 Å². The lowest BCUT2D eigenvalue weighted by Gasteiger charge is -2.05. The Kier molecular flexibility index (Phi) is 6.45. The molecule has 0 N–H and O–H groups in total. The van der Waals surface area contributed by atoms with Crippen LogP contribution in [0.15, 0.2) is 28.7 Å². The smallest absolute Gasteiger partial charge is 0.318 e. The quantitative estimate of drug-likeness (QED) is 0.511. The van der Waals surface area contributed by atoms with E-state index in [0.29, 0.717) is 6.61 Å². The van der Waals surface area contributed by atoms with E-state index in [0.717, 1.165) is 42.5 Å². The van der Waals surface area contributed by atoms with Crippen LogP contribution in [0.1, 0.15) is 44.4 Å². The second kappa shape index (κ2) is 8.58. The molecule has 0 aromatic carbocycles. The minimum atomic E-state index is -0.529. The second-order valence-electron chi connectivity index (χ2n) is 5.00. The molecule has 6 heteroatoms. The number of hydrogen-bond donors (Lipinski definition) is 0. The van der Waals surface area contributed by atoms with E-state index in [1.165, 1.54) is 0 Å². The van der Waals surface area contributed by atoms with Gasteiger partial charge < -0.3 is 4.74 Å². The normalized spacial score (nSPS) is 11.7. The van der Waals surface area contributed by atoms with Crippen molar-refractivity contribution in [1.29, 1.82) is 0 Å². The van der Waals surface area contributed by atoms with Gasteiger partial charge in [0.15, 0.2) is 11.6 Å². The average molecular weight is 321 g/mol. The van der Waals surface area contributed by atoms with E-state index in [2.05, 4.69) is 21.9 Å². The number of rotatable bonds is 8. The second-order valence-corrected chi connectivity index (χ2v) is 6.03. The van der Waals surface area contributed by atoms with Gasteiger partial charge in [-0.25, -0.2) is 14.4 Å². The topological polar surface area (TPSA) is 47.4 Å². The predicted octanol–water partition coefficient (Wildman–Crippen LogP) is 4.93. The van der Waals surface area contributed by atoms with E-state index in [-0.39, 0.29) is 11.8 Å². The number of aromatic nitrogens is 2. The monoisotopic (exact) mass is 321 g/mol. The molecule has 0 aliphatic carbocycles. The highest BCUT2D eigenvalue weighted by Crippen LogP contribution is 2.19. The maximum atomic E-state index is 13.7. The number of aliphatic imine (C=N–C) groups is 1. The summed E-state index contributed by atoms with van der Waals surface area (Å²) in [5.41, 5.74) is 0.871. The Bertz CT molecular complexity index is 614. The van der Waals surface area contributed by atoms with E-state index in [4.69, 9.17) is 4.74 Å². The molecule has 0 amide bonds. The van der Waals surface area contributed by atoms with Gasteiger partial charge in [0.2, 0.25) is 0 Å². The highest BCUT2D eigenvalue weighted by molar-refractivity contribution is 7.09. The first-order valence-corrected chi connectivity index (χ1v) is 8.29. The summed E-state index contributed by atoms with van der Waals surface area (Å²) in [6, 6.07) is 4.06. The van der Waals surface area contributed by atoms with Gasteiger partial charge in [0.25, 0.3) is 0 Å². The van der Waals surface area contributed by atoms with Crippen LogP contribution in [0.3, 0.4) is 0 Å². The number of thiophene rings is 1. The zero-order chi connectivity index (χ0) is 15.8. The summed E-state index contributed by atoms with van der Waals surface area (Å²) >= 11 is 1.59. The molecule has 0 saturated heterocycles. The van der Waals surface area contributed by atoms with Crippen molar-refractivity contribution in [2.24, 2.45) is 4.99 Å². The van der Waals surface area contributed by atoms with Crippen molar-refractivity contribution >= 4 is 22.9 Å². The van der Waals surface area contributed by atoms with Crippen molar-refractivity contribution in [3.05, 3.63) is 34.4 Å². The molecule has 0 atom stereocenters. The molecule has 0 fully saturated rings. The van der Waals surface area contributed by atoms with E-state index in [9.17, 15) is 4.39 Å². The number of hydrogen-bond acceptors (Lipinski definition) is 5. The summed E-state index contributed by atoms with van der Waals surface area (Å²) in [7, 11) is 0. The number of nitrogens with zero attached hydrogens (tertiary/aromatic N) is 3. The van der Waals surface area contributed by atoms with Gasteiger partial charge in [-0.3, -0.25) is 0 Å². The zero-order valence-corrected chi connectivity index (χ0v) is 13.7. The molecule has 0 saturated carbocycles. The maximum absolute atomic E-state index is 13.7. The Labute approximate surface area is 134 Å². The van der Waals surface area contributed by atoms with Crippen molar-refractivity contribution < 1.29 is 9.13 Å². The van der Waals surface area contributed by atoms with Gasteiger partial charge in [-0.05, 0) is 31.2 Å². The lowest BCUT2D eigenvalue weighted by molar-refractivity contribution is 0.283. The third-order valence-electron chi connectivity index (χ3n) is 3.07. The first-order valence-electron chi connectivity index (χ1n) is 7.41. The molecule has 0 spiro atoms. The summed E-state index contributed by atoms with van der Waals surface area (Å²) in [5, 5.41) is 1.97. The van der Waals surface area contributed by atoms with Gasteiger partial charge in [-0.1, -0.05) is 25.8 Å². The van der Waals surface area contributed by atoms with Crippen LogP contribution in [0, 0.1) is 5.82 Å². The summed E-state index contributed by atoms with van der Waals surface area (Å²) in [5.74, 6) is -0.483. The molecule has 2 heterocycles. The van der Waals surface area contributed by atoms with Gasteiger partial charge in [0.1, 0.15) is 6.61 Å². The summed E-state index contributed by atoms with van der Waals surface area (Å²) in [4.78, 5) is 13.2. The molecule has 0 aliphatic heterocycles. The van der Waals surface area contributed by atoms with Crippen molar-refractivity contribution in [2.45, 2.75) is 46.1 Å². The largest absolute Gasteiger partial charge is 0.458 e. The van der Waals surface area contributed by atoms with Gasteiger partial charge in [0.05, 0.1) is 6.20 Å². The van der Waals surface area contributed by atoms with E-state index < -0.39 is 5.82 Å². The van der Waals surface area contributed by atoms with E-state index in [1.54, 1.807) is 11.3 Å². The summed E-state index contributed by atoms with van der Waals surface area (Å²) in [6.07, 6.45) is 5.31. The van der Waals surface area contributed by atoms with Crippen molar-refractivity contribution in [1.82, 2.24) is 9.97 Å². The van der Waals surface area contributed by atoms with Crippen molar-refractivity contribution in [2.75, 3.05) is 0 Å². The first-order chi connectivity index (χ1) is 10.7. The van der Waals surface area contributed by atoms with Crippen LogP contribution in [0.25, 0.3) is 0 Å². The molecule has 22 heavy (non-hydrogen) atoms. The molecule has 0 radical (unpaired) electrons. The fraction of sp³-hybridized carbons (Fsp3) is 0.438. The number of ether oxygens (including phenoxy) is 1. The maximum Gasteiger partial charge on any atom is 0.318 e. The molecule has 0 unspecified atom stereocenters. The highest BCUT2D eigenvalue weighted by Gasteiger charge is 2.08. The molecule has 2 aromatic heterocycles. The van der Waals surface area contributed by atoms with E-state index in [1.807, 2.05) is 24.4 Å². The molecular weight excluding hydrogens is 301 g/mol. The van der Waals surface area contributed by atoms with Crippen LogP contribution >= 0.6 is 11.3 Å². The molecule has 4 nitrogen and oxygen atoms in total. The van der Waals surface area contributed by atoms with Crippen LogP contribution in [0.5, 0.6) is 6.01 Å². The molecular formula is C16H20FN3OS. The fourth-order valence-electron chi connectivity index (χ4n) is 1.89. The number of unbranched alkanes of at least 4 members (excludes halogenated alkanes) is 2. The highest BCUT2D eigenvalue weighted by atomic mass is 32.1. The van der Waals surface area contributed by atoms with Crippen molar-refractivity contribution in [3.63, 3.8) is 0 Å². The third kappa shape index (κ3) is 5.18. The standard InChI is InChI=1S/C16H20FN3OS/c1-3-4-5-7-12(2)19-15-14(17)10-18-16(20-15)21-11-13-8-6-9-22-13/h6,8-10H,3-5,7,11H2,1-2H3. The Hall–Kier alpha value is -1.82. The van der Waals surface area contributed by atoms with Crippen LogP contribution in [-0.4, -0.2) is 15.7 Å². The van der Waals surface area contributed by atoms with Crippen LogP contribution in [-0.2, 0) is 6.61 Å². The summed E-state index contributed by atoms with van der Waals surface area (Å²) < 4.78 is 19.2. The van der Waals surface area contributed by atoms with Gasteiger partial charge in [-0.2, -0.15) is 4.98 Å². The van der Waals surface area contributed by atoms with Crippen LogP contribution in [0.4, 0.5) is 10.2 Å². The fourth-order valence-corrected chi connectivity index (χ4v) is 2.50. The van der Waals surface area contributed by atoms with E-state index >= 15 is 0 Å². The van der Waals surface area contributed by atoms with Crippen molar-refractivity contribution in [3.8, 4) is 6.01 Å². The lowest BCUT2D eigenvalue weighted by Crippen LogP contribution is -2.00. The molecule has 2 aromatic rings. The summed E-state index contributed by atoms with van der Waals surface area (Å²) in [6.45, 7) is 4.42. The predicted molar refractivity (Wildman–Crippen MR) is 87.6 cm³/mol. The molecule has 2 rings (SSSR count). The number of halogens is 1. The zero-order valence-electron chi connectivity index (χ0n) is 12.9.